The van der Waals surface area contributed by atoms with Crippen LogP contribution in [0.4, 0.5) is 5.69 Å². The summed E-state index contributed by atoms with van der Waals surface area (Å²) in [6, 6.07) is 5.95. The van der Waals surface area contributed by atoms with Gasteiger partial charge in [-0.2, -0.15) is 0 Å². The number of nitrogens with zero attached hydrogens (tertiary/aromatic N) is 2. The van der Waals surface area contributed by atoms with E-state index in [-0.39, 0.29) is 36.8 Å². The molecule has 1 N–H and O–H groups in total. The monoisotopic (exact) mass is 405 g/mol. The van der Waals surface area contributed by atoms with Gasteiger partial charge in [0.2, 0.25) is 5.91 Å². The van der Waals surface area contributed by atoms with Crippen molar-refractivity contribution in [3.05, 3.63) is 18.2 Å². The molecule has 2 fully saturated rings. The molecule has 0 radical (unpaired) electrons. The van der Waals surface area contributed by atoms with Crippen molar-refractivity contribution in [1.29, 1.82) is 0 Å². The van der Waals surface area contributed by atoms with Gasteiger partial charge in [-0.15, -0.1) is 24.8 Å². The third-order valence-electron chi connectivity index (χ3n) is 4.87. The standard InChI is InChI=1S/C18H27N3O3.2ClH/c1-23-15-11-14(12-16(13-15)24-2)20-7-4-8-21(10-9-20)18(22)17-5-3-6-19-17;;/h11-13,17,19H,3-10H2,1-2H3;2*1H. The number of anilines is 1. The van der Waals surface area contributed by atoms with E-state index in [0.29, 0.717) is 0 Å². The van der Waals surface area contributed by atoms with Crippen LogP contribution in [0.25, 0.3) is 0 Å². The van der Waals surface area contributed by atoms with Crippen LogP contribution in [-0.2, 0) is 4.79 Å². The van der Waals surface area contributed by atoms with Gasteiger partial charge < -0.3 is 24.6 Å². The van der Waals surface area contributed by atoms with Gasteiger partial charge in [-0.25, -0.2) is 0 Å². The lowest BCUT2D eigenvalue weighted by Gasteiger charge is -2.26. The zero-order chi connectivity index (χ0) is 16.9. The van der Waals surface area contributed by atoms with E-state index in [1.54, 1.807) is 14.2 Å². The van der Waals surface area contributed by atoms with Crippen LogP contribution in [0.15, 0.2) is 18.2 Å². The van der Waals surface area contributed by atoms with E-state index in [4.69, 9.17) is 9.47 Å². The van der Waals surface area contributed by atoms with Crippen LogP contribution >= 0.6 is 24.8 Å². The molecular formula is C18H29Cl2N3O3. The summed E-state index contributed by atoms with van der Waals surface area (Å²) < 4.78 is 10.7. The number of rotatable bonds is 4. The molecule has 8 heteroatoms. The third kappa shape index (κ3) is 5.32. The maximum atomic E-state index is 12.6. The van der Waals surface area contributed by atoms with E-state index < -0.39 is 0 Å². The molecule has 1 amide bonds. The average molecular weight is 406 g/mol. The number of carbonyl (C=O) groups is 1. The Kier molecular flexibility index (Phi) is 9.33. The first kappa shape index (κ1) is 22.7. The second-order valence-corrected chi connectivity index (χ2v) is 6.39. The highest BCUT2D eigenvalue weighted by atomic mass is 35.5. The summed E-state index contributed by atoms with van der Waals surface area (Å²) in [6.07, 6.45) is 3.03. The third-order valence-corrected chi connectivity index (χ3v) is 4.87. The van der Waals surface area contributed by atoms with Gasteiger partial charge in [0.05, 0.1) is 20.3 Å². The molecular weight excluding hydrogens is 377 g/mol. The van der Waals surface area contributed by atoms with Crippen LogP contribution in [0.5, 0.6) is 11.5 Å². The van der Waals surface area contributed by atoms with Gasteiger partial charge in [-0.3, -0.25) is 4.79 Å². The first-order valence-corrected chi connectivity index (χ1v) is 8.71. The molecule has 1 atom stereocenters. The molecule has 0 bridgehead atoms. The molecule has 2 heterocycles. The molecule has 0 aliphatic carbocycles. The molecule has 3 rings (SSSR count). The van der Waals surface area contributed by atoms with Crippen LogP contribution < -0.4 is 19.7 Å². The summed E-state index contributed by atoms with van der Waals surface area (Å²) in [5, 5.41) is 3.31. The molecule has 1 unspecified atom stereocenters. The molecule has 2 saturated heterocycles. The number of halogens is 2. The molecule has 0 saturated carbocycles. The zero-order valence-electron chi connectivity index (χ0n) is 15.4. The summed E-state index contributed by atoms with van der Waals surface area (Å²) in [5.74, 6) is 1.84. The fourth-order valence-corrected chi connectivity index (χ4v) is 3.49. The summed E-state index contributed by atoms with van der Waals surface area (Å²) >= 11 is 0. The molecule has 1 aromatic carbocycles. The predicted octanol–water partition coefficient (Wildman–Crippen LogP) is 2.34. The minimum atomic E-state index is 0. The molecule has 6 nitrogen and oxygen atoms in total. The lowest BCUT2D eigenvalue weighted by Crippen LogP contribution is -2.45. The normalized spacial score (nSPS) is 19.8. The summed E-state index contributed by atoms with van der Waals surface area (Å²) in [4.78, 5) is 16.9. The van der Waals surface area contributed by atoms with Crippen molar-refractivity contribution in [3.8, 4) is 11.5 Å². The van der Waals surface area contributed by atoms with Crippen molar-refractivity contribution in [3.63, 3.8) is 0 Å². The summed E-state index contributed by atoms with van der Waals surface area (Å²) in [6.45, 7) is 4.30. The van der Waals surface area contributed by atoms with E-state index in [1.807, 2.05) is 23.1 Å². The number of carbonyl (C=O) groups excluding carboxylic acids is 1. The minimum Gasteiger partial charge on any atom is -0.497 e. The van der Waals surface area contributed by atoms with Crippen molar-refractivity contribution in [2.24, 2.45) is 0 Å². The fraction of sp³-hybridized carbons (Fsp3) is 0.611. The van der Waals surface area contributed by atoms with Crippen LogP contribution in [0.1, 0.15) is 19.3 Å². The van der Waals surface area contributed by atoms with Gasteiger partial charge in [-0.1, -0.05) is 0 Å². The van der Waals surface area contributed by atoms with Gasteiger partial charge >= 0.3 is 0 Å². The highest BCUT2D eigenvalue weighted by molar-refractivity contribution is 5.85. The Bertz CT molecular complexity index is 561. The topological polar surface area (TPSA) is 54.0 Å². The Morgan fingerprint density at radius 2 is 1.69 bits per heavy atom. The molecule has 1 aromatic rings. The SMILES string of the molecule is COc1cc(OC)cc(N2CCCN(C(=O)C3CCCN3)CC2)c1.Cl.Cl. The van der Waals surface area contributed by atoms with Crippen LogP contribution in [0, 0.1) is 0 Å². The van der Waals surface area contributed by atoms with E-state index in [0.717, 1.165) is 69.2 Å². The highest BCUT2D eigenvalue weighted by Gasteiger charge is 2.28. The fourth-order valence-electron chi connectivity index (χ4n) is 3.49. The maximum Gasteiger partial charge on any atom is 0.239 e. The Balaban J connectivity index is 0.00000169. The molecule has 2 aliphatic heterocycles. The number of hydrogen-bond donors (Lipinski definition) is 1. The minimum absolute atomic E-state index is 0. The Labute approximate surface area is 168 Å². The number of amides is 1. The molecule has 0 aromatic heterocycles. The van der Waals surface area contributed by atoms with Gasteiger partial charge in [0.1, 0.15) is 11.5 Å². The van der Waals surface area contributed by atoms with Gasteiger partial charge in [0.25, 0.3) is 0 Å². The number of benzene rings is 1. The van der Waals surface area contributed by atoms with Crippen LogP contribution in [0.3, 0.4) is 0 Å². The highest BCUT2D eigenvalue weighted by Crippen LogP contribution is 2.29. The number of nitrogens with one attached hydrogen (secondary N) is 1. The van der Waals surface area contributed by atoms with Crippen molar-refractivity contribution in [1.82, 2.24) is 10.2 Å². The molecule has 2 aliphatic rings. The largest absolute Gasteiger partial charge is 0.497 e. The van der Waals surface area contributed by atoms with E-state index >= 15 is 0 Å². The van der Waals surface area contributed by atoms with Crippen molar-refractivity contribution in [2.45, 2.75) is 25.3 Å². The first-order valence-electron chi connectivity index (χ1n) is 8.71. The van der Waals surface area contributed by atoms with Crippen LogP contribution in [-0.4, -0.2) is 63.8 Å². The van der Waals surface area contributed by atoms with Crippen LogP contribution in [0.2, 0.25) is 0 Å². The van der Waals surface area contributed by atoms with E-state index in [1.165, 1.54) is 0 Å². The average Bonchev–Trinajstić information content (AvgIpc) is 3.05. The Morgan fingerprint density at radius 3 is 2.27 bits per heavy atom. The lowest BCUT2D eigenvalue weighted by molar-refractivity contribution is -0.132. The predicted molar refractivity (Wildman–Crippen MR) is 108 cm³/mol. The summed E-state index contributed by atoms with van der Waals surface area (Å²) in [7, 11) is 3.33. The zero-order valence-corrected chi connectivity index (χ0v) is 17.0. The van der Waals surface area contributed by atoms with Gasteiger partial charge in [-0.05, 0) is 25.8 Å². The van der Waals surface area contributed by atoms with Crippen molar-refractivity contribution in [2.75, 3.05) is 51.8 Å². The number of hydrogen-bond acceptors (Lipinski definition) is 5. The lowest BCUT2D eigenvalue weighted by atomic mass is 10.2. The Morgan fingerprint density at radius 1 is 1.00 bits per heavy atom. The summed E-state index contributed by atoms with van der Waals surface area (Å²) in [5.41, 5.74) is 1.08. The van der Waals surface area contributed by atoms with Gasteiger partial charge in [0.15, 0.2) is 0 Å². The molecule has 148 valence electrons. The number of methoxy groups -OCH3 is 2. The maximum absolute atomic E-state index is 12.6. The van der Waals surface area contributed by atoms with E-state index in [2.05, 4.69) is 10.2 Å². The van der Waals surface area contributed by atoms with Crippen molar-refractivity contribution < 1.29 is 14.3 Å². The molecule has 0 spiro atoms. The second-order valence-electron chi connectivity index (χ2n) is 6.39. The molecule has 26 heavy (non-hydrogen) atoms. The second kappa shape index (κ2) is 10.7. The quantitative estimate of drug-likeness (QED) is 0.832. The Hall–Kier alpha value is -1.37. The smallest absolute Gasteiger partial charge is 0.239 e. The first-order chi connectivity index (χ1) is 11.7. The van der Waals surface area contributed by atoms with E-state index in [9.17, 15) is 4.79 Å². The van der Waals surface area contributed by atoms with Gasteiger partial charge in [0, 0.05) is 50.1 Å². The van der Waals surface area contributed by atoms with Crippen molar-refractivity contribution >= 4 is 36.4 Å². The number of ether oxygens (including phenoxy) is 2.